The van der Waals surface area contributed by atoms with E-state index < -0.39 is 33.3 Å². The Hall–Kier alpha value is -1.96. The van der Waals surface area contributed by atoms with Crippen molar-refractivity contribution in [3.8, 4) is 5.75 Å². The van der Waals surface area contributed by atoms with Crippen LogP contribution in [-0.2, 0) is 10.2 Å². The molecule has 0 amide bonds. The van der Waals surface area contributed by atoms with E-state index in [-0.39, 0.29) is 0 Å². The number of aromatic hydroxyl groups is 1. The molecule has 2 rings (SSSR count). The Morgan fingerprint density at radius 2 is 2.00 bits per heavy atom. The summed E-state index contributed by atoms with van der Waals surface area (Å²) < 4.78 is 38.3. The van der Waals surface area contributed by atoms with Crippen molar-refractivity contribution in [2.24, 2.45) is 0 Å². The first-order chi connectivity index (χ1) is 7.42. The summed E-state index contributed by atoms with van der Waals surface area (Å²) in [5.41, 5.74) is -0.543. The number of para-hydroxylation sites is 1. The molecule has 0 spiro atoms. The predicted octanol–water partition coefficient (Wildman–Crippen LogP) is 0.543. The molecule has 0 unspecified atom stereocenters. The van der Waals surface area contributed by atoms with Crippen molar-refractivity contribution in [3.05, 3.63) is 36.1 Å². The zero-order chi connectivity index (χ0) is 11.9. The second kappa shape index (κ2) is 3.27. The van der Waals surface area contributed by atoms with Crippen LogP contribution in [0.4, 0.5) is 10.1 Å². The summed E-state index contributed by atoms with van der Waals surface area (Å²) in [6.45, 7) is 0. The highest BCUT2D eigenvalue weighted by atomic mass is 32.2. The number of phenols is 1. The molecule has 8 heteroatoms. The molecule has 0 fully saturated rings. The number of anilines is 1. The van der Waals surface area contributed by atoms with Crippen molar-refractivity contribution in [1.29, 1.82) is 0 Å². The van der Waals surface area contributed by atoms with E-state index in [1.165, 1.54) is 6.07 Å². The van der Waals surface area contributed by atoms with Gasteiger partial charge in [-0.1, -0.05) is 6.07 Å². The third kappa shape index (κ3) is 1.52. The van der Waals surface area contributed by atoms with E-state index in [0.717, 1.165) is 18.3 Å². The average Bonchev–Trinajstić information content (AvgIpc) is 2.39. The molecule has 0 saturated carbocycles. The molecular weight excluding hydrogens is 239 g/mol. The van der Waals surface area contributed by atoms with E-state index in [4.69, 9.17) is 5.11 Å². The van der Waals surface area contributed by atoms with Crippen LogP contribution in [0.5, 0.6) is 5.75 Å². The van der Waals surface area contributed by atoms with Gasteiger partial charge >= 0.3 is 10.2 Å². The zero-order valence-electron chi connectivity index (χ0n) is 7.75. The lowest BCUT2D eigenvalue weighted by Crippen LogP contribution is -2.30. The molecule has 6 nitrogen and oxygen atoms in total. The first-order valence-corrected chi connectivity index (χ1v) is 5.56. The molecule has 0 aliphatic carbocycles. The lowest BCUT2D eigenvalue weighted by atomic mass is 10.3. The molecule has 16 heavy (non-hydrogen) atoms. The van der Waals surface area contributed by atoms with Crippen LogP contribution in [0.3, 0.4) is 0 Å². The van der Waals surface area contributed by atoms with Gasteiger partial charge in [0.2, 0.25) is 5.88 Å². The summed E-state index contributed by atoms with van der Waals surface area (Å²) in [6, 6.07) is 3.36. The summed E-state index contributed by atoms with van der Waals surface area (Å²) >= 11 is 0. The smallest absolute Gasteiger partial charge is 0.330 e. The SMILES string of the molecule is O=S1(=O)NC(O)=CN1c1c(O)cccc1F. The Morgan fingerprint density at radius 3 is 2.50 bits per heavy atom. The van der Waals surface area contributed by atoms with Gasteiger partial charge in [0.25, 0.3) is 0 Å². The highest BCUT2D eigenvalue weighted by molar-refractivity contribution is 7.91. The maximum absolute atomic E-state index is 13.4. The summed E-state index contributed by atoms with van der Waals surface area (Å²) in [7, 11) is -4.09. The van der Waals surface area contributed by atoms with Crippen LogP contribution in [0.2, 0.25) is 0 Å². The zero-order valence-corrected chi connectivity index (χ0v) is 8.57. The number of halogens is 1. The van der Waals surface area contributed by atoms with Gasteiger partial charge in [0.15, 0.2) is 5.82 Å². The molecule has 1 heterocycles. The van der Waals surface area contributed by atoms with Gasteiger partial charge in [0.1, 0.15) is 11.4 Å². The Morgan fingerprint density at radius 1 is 1.31 bits per heavy atom. The van der Waals surface area contributed by atoms with Crippen molar-refractivity contribution in [3.63, 3.8) is 0 Å². The number of rotatable bonds is 1. The van der Waals surface area contributed by atoms with Gasteiger partial charge in [-0.15, -0.1) is 0 Å². The van der Waals surface area contributed by atoms with Gasteiger partial charge in [0.05, 0.1) is 6.20 Å². The minimum atomic E-state index is -4.09. The standard InChI is InChI=1S/C8H7FN2O4S/c9-5-2-1-3-6(12)8(5)11-4-7(13)10-16(11,14)15/h1-4,10,12-13H. The molecule has 3 N–H and O–H groups in total. The fraction of sp³-hybridized carbons (Fsp3) is 0. The third-order valence-corrected chi connectivity index (χ3v) is 3.19. The van der Waals surface area contributed by atoms with E-state index in [9.17, 15) is 17.9 Å². The number of aliphatic hydroxyl groups is 1. The molecule has 0 aromatic heterocycles. The minimum absolute atomic E-state index is 0.424. The molecule has 1 aliphatic rings. The first-order valence-electron chi connectivity index (χ1n) is 4.12. The normalized spacial score (nSPS) is 18.1. The van der Waals surface area contributed by atoms with Crippen molar-refractivity contribution < 1.29 is 23.0 Å². The Kier molecular flexibility index (Phi) is 2.16. The lowest BCUT2D eigenvalue weighted by Gasteiger charge is -2.15. The van der Waals surface area contributed by atoms with Crippen LogP contribution in [0.25, 0.3) is 0 Å². The Bertz CT molecular complexity index is 549. The maximum Gasteiger partial charge on any atom is 0.330 e. The fourth-order valence-corrected chi connectivity index (χ4v) is 2.37. The second-order valence-corrected chi connectivity index (χ2v) is 4.57. The van der Waals surface area contributed by atoms with Crippen LogP contribution in [-0.4, -0.2) is 18.6 Å². The van der Waals surface area contributed by atoms with E-state index in [2.05, 4.69) is 0 Å². The predicted molar refractivity (Wildman–Crippen MR) is 53.3 cm³/mol. The minimum Gasteiger partial charge on any atom is -0.506 e. The van der Waals surface area contributed by atoms with Crippen molar-refractivity contribution in [2.75, 3.05) is 4.31 Å². The molecule has 1 aromatic rings. The van der Waals surface area contributed by atoms with Gasteiger partial charge in [-0.05, 0) is 12.1 Å². The molecule has 0 bridgehead atoms. The fourth-order valence-electron chi connectivity index (χ4n) is 1.29. The van der Waals surface area contributed by atoms with Crippen LogP contribution in [0.15, 0.2) is 30.3 Å². The summed E-state index contributed by atoms with van der Waals surface area (Å²) in [5, 5.41) is 18.4. The van der Waals surface area contributed by atoms with Gasteiger partial charge in [0, 0.05) is 0 Å². The summed E-state index contributed by atoms with van der Waals surface area (Å²) in [5.74, 6) is -2.12. The third-order valence-electron chi connectivity index (χ3n) is 1.92. The topological polar surface area (TPSA) is 89.9 Å². The summed E-state index contributed by atoms with van der Waals surface area (Å²) in [4.78, 5) is 0. The number of nitrogens with zero attached hydrogens (tertiary/aromatic N) is 1. The van der Waals surface area contributed by atoms with Gasteiger partial charge in [-0.3, -0.25) is 0 Å². The molecule has 0 radical (unpaired) electrons. The van der Waals surface area contributed by atoms with Crippen LogP contribution >= 0.6 is 0 Å². The number of hydrogen-bond acceptors (Lipinski definition) is 4. The number of nitrogens with one attached hydrogen (secondary N) is 1. The first kappa shape index (κ1) is 10.6. The maximum atomic E-state index is 13.4. The van der Waals surface area contributed by atoms with E-state index >= 15 is 0 Å². The van der Waals surface area contributed by atoms with Crippen molar-refractivity contribution in [1.82, 2.24) is 4.72 Å². The number of phenolic OH excluding ortho intramolecular Hbond substituents is 1. The quantitative estimate of drug-likeness (QED) is 0.674. The lowest BCUT2D eigenvalue weighted by molar-refractivity contribution is 0.392. The highest BCUT2D eigenvalue weighted by Crippen LogP contribution is 2.33. The average molecular weight is 246 g/mol. The monoisotopic (exact) mass is 246 g/mol. The molecule has 1 aliphatic heterocycles. The van der Waals surface area contributed by atoms with Gasteiger partial charge < -0.3 is 10.2 Å². The van der Waals surface area contributed by atoms with E-state index in [1.54, 1.807) is 4.72 Å². The van der Waals surface area contributed by atoms with Crippen LogP contribution < -0.4 is 9.03 Å². The largest absolute Gasteiger partial charge is 0.506 e. The van der Waals surface area contributed by atoms with E-state index in [1.807, 2.05) is 0 Å². The molecule has 86 valence electrons. The van der Waals surface area contributed by atoms with Crippen LogP contribution in [0.1, 0.15) is 0 Å². The van der Waals surface area contributed by atoms with Crippen molar-refractivity contribution in [2.45, 2.75) is 0 Å². The van der Waals surface area contributed by atoms with Gasteiger partial charge in [-0.2, -0.15) is 8.42 Å². The molecule has 0 saturated heterocycles. The Labute approximate surface area is 90.4 Å². The Balaban J connectivity index is 2.62. The second-order valence-electron chi connectivity index (χ2n) is 3.02. The molecule has 0 atom stereocenters. The number of hydrogen-bond donors (Lipinski definition) is 3. The highest BCUT2D eigenvalue weighted by Gasteiger charge is 2.32. The van der Waals surface area contributed by atoms with Gasteiger partial charge in [-0.25, -0.2) is 13.4 Å². The van der Waals surface area contributed by atoms with Crippen LogP contribution in [0, 0.1) is 5.82 Å². The summed E-state index contributed by atoms with van der Waals surface area (Å²) in [6.07, 6.45) is 0.757. The molecular formula is C8H7FN2O4S. The van der Waals surface area contributed by atoms with E-state index in [0.29, 0.717) is 4.31 Å². The number of benzene rings is 1. The number of aliphatic hydroxyl groups excluding tert-OH is 1. The van der Waals surface area contributed by atoms with Crippen molar-refractivity contribution >= 4 is 15.9 Å². The molecule has 1 aromatic carbocycles.